The summed E-state index contributed by atoms with van der Waals surface area (Å²) in [6, 6.07) is 0. The first kappa shape index (κ1) is 104. The molecule has 0 aliphatic heterocycles. The van der Waals surface area contributed by atoms with Gasteiger partial charge in [0.05, 0.1) is 26.4 Å². The predicted molar refractivity (Wildman–Crippen MR) is 454 cm³/mol. The van der Waals surface area contributed by atoms with Crippen molar-refractivity contribution in [1.29, 1.82) is 0 Å². The highest BCUT2D eigenvalue weighted by Crippen LogP contribution is 2.45. The molecule has 0 aromatic carbocycles. The van der Waals surface area contributed by atoms with Gasteiger partial charge < -0.3 is 33.8 Å². The maximum absolute atomic E-state index is 13.1. The maximum Gasteiger partial charge on any atom is 0.472 e. The first-order valence-electron chi connectivity index (χ1n) is 42.0. The van der Waals surface area contributed by atoms with Crippen LogP contribution in [0.4, 0.5) is 0 Å². The Balaban J connectivity index is 5.50. The molecule has 0 heterocycles. The second-order valence-electron chi connectivity index (χ2n) is 27.3. The first-order valence-corrected chi connectivity index (χ1v) is 45.0. The molecule has 0 aromatic rings. The summed E-state index contributed by atoms with van der Waals surface area (Å²) in [5, 5.41) is 10.7. The molecule has 624 valence electrons. The highest BCUT2D eigenvalue weighted by atomic mass is 31.2. The van der Waals surface area contributed by atoms with E-state index in [-0.39, 0.29) is 25.7 Å². The Morgan fingerprint density at radius 1 is 0.264 bits per heavy atom. The van der Waals surface area contributed by atoms with E-state index >= 15 is 0 Å². The molecule has 110 heavy (non-hydrogen) atoms. The van der Waals surface area contributed by atoms with E-state index in [1.807, 2.05) is 12.2 Å². The topological polar surface area (TPSA) is 237 Å². The molecule has 5 atom stereocenters. The van der Waals surface area contributed by atoms with Crippen LogP contribution < -0.4 is 0 Å². The average Bonchev–Trinajstić information content (AvgIpc) is 0.911. The van der Waals surface area contributed by atoms with Gasteiger partial charge in [-0.05, 0) is 180 Å². The molecule has 0 aliphatic carbocycles. The summed E-state index contributed by atoms with van der Waals surface area (Å²) < 4.78 is 68.7. The molecular weight excluding hydrogens is 1430 g/mol. The van der Waals surface area contributed by atoms with Crippen molar-refractivity contribution in [2.45, 2.75) is 329 Å². The SMILES string of the molecule is CC/C=C\C/C=C\C/C=C\C/C=C\C/C=C\CCCC(=O)OCC(COP(=O)(O)OCC(O)COP(=O)(O)OCC(COC(=O)CCCCCCCC/C=C\C/C=C\C/C=C\CCCCC)OC(=O)CCCCCCCC/C=C\C/C=C\C/C=C\CCCCC)OC(=O)CCCC/C=C\C/C=C\C/C=C\C/C=C\CC. The zero-order valence-corrected chi connectivity index (χ0v) is 70.1. The maximum atomic E-state index is 13.1. The Bertz CT molecular complexity index is 2800. The van der Waals surface area contributed by atoms with Crippen molar-refractivity contribution in [3.05, 3.63) is 182 Å². The molecule has 0 amide bonds. The molecule has 0 fully saturated rings. The smallest absolute Gasteiger partial charge is 0.462 e. The molecule has 0 rings (SSSR count). The van der Waals surface area contributed by atoms with Crippen molar-refractivity contribution < 1.29 is 80.2 Å². The Morgan fingerprint density at radius 3 is 0.782 bits per heavy atom. The van der Waals surface area contributed by atoms with Crippen LogP contribution >= 0.6 is 15.6 Å². The number of allylic oxidation sites excluding steroid dienone is 30. The molecule has 5 unspecified atom stereocenters. The number of rotatable bonds is 77. The van der Waals surface area contributed by atoms with Gasteiger partial charge in [0.1, 0.15) is 19.3 Å². The number of esters is 4. The minimum Gasteiger partial charge on any atom is -0.462 e. The van der Waals surface area contributed by atoms with Gasteiger partial charge in [-0.15, -0.1) is 0 Å². The largest absolute Gasteiger partial charge is 0.472 e. The lowest BCUT2D eigenvalue weighted by Crippen LogP contribution is -2.30. The average molecular weight is 1580 g/mol. The highest BCUT2D eigenvalue weighted by molar-refractivity contribution is 7.47. The number of carbonyl (C=O) groups excluding carboxylic acids is 4. The van der Waals surface area contributed by atoms with Crippen LogP contribution in [0.5, 0.6) is 0 Å². The summed E-state index contributed by atoms with van der Waals surface area (Å²) in [5.41, 5.74) is 0. The number of unbranched alkanes of at least 4 members (excludes halogenated alkanes) is 21. The number of carbonyl (C=O) groups is 4. The quantitative estimate of drug-likeness (QED) is 0.0169. The van der Waals surface area contributed by atoms with E-state index in [2.05, 4.69) is 198 Å². The van der Waals surface area contributed by atoms with Crippen LogP contribution in [-0.2, 0) is 65.4 Å². The molecule has 19 heteroatoms. The Kier molecular flexibility index (Phi) is 76.9. The zero-order valence-electron chi connectivity index (χ0n) is 68.4. The van der Waals surface area contributed by atoms with Crippen LogP contribution in [0.2, 0.25) is 0 Å². The van der Waals surface area contributed by atoms with Crippen LogP contribution in [0.25, 0.3) is 0 Å². The third-order valence-corrected chi connectivity index (χ3v) is 18.7. The first-order chi connectivity index (χ1) is 53.7. The van der Waals surface area contributed by atoms with Gasteiger partial charge in [-0.1, -0.05) is 287 Å². The summed E-state index contributed by atoms with van der Waals surface area (Å²) in [7, 11) is -10.0. The van der Waals surface area contributed by atoms with Crippen molar-refractivity contribution in [1.82, 2.24) is 0 Å². The lowest BCUT2D eigenvalue weighted by atomic mass is 10.1. The molecular formula is C91H148O17P2. The summed E-state index contributed by atoms with van der Waals surface area (Å²) in [6.45, 7) is 4.45. The highest BCUT2D eigenvalue weighted by Gasteiger charge is 2.30. The number of aliphatic hydroxyl groups excluding tert-OH is 1. The van der Waals surface area contributed by atoms with Crippen molar-refractivity contribution in [2.24, 2.45) is 0 Å². The van der Waals surface area contributed by atoms with E-state index in [4.69, 9.17) is 37.0 Å². The minimum absolute atomic E-state index is 0.0231. The molecule has 3 N–H and O–H groups in total. The van der Waals surface area contributed by atoms with E-state index < -0.39 is 97.5 Å². The van der Waals surface area contributed by atoms with E-state index in [1.54, 1.807) is 0 Å². The Morgan fingerprint density at radius 2 is 0.482 bits per heavy atom. The number of phosphoric ester groups is 2. The molecule has 0 radical (unpaired) electrons. The minimum atomic E-state index is -5.01. The molecule has 17 nitrogen and oxygen atoms in total. The normalized spacial score (nSPS) is 14.7. The number of hydrogen-bond donors (Lipinski definition) is 3. The van der Waals surface area contributed by atoms with E-state index in [0.717, 1.165) is 180 Å². The van der Waals surface area contributed by atoms with Crippen LogP contribution in [0.1, 0.15) is 310 Å². The third-order valence-electron chi connectivity index (χ3n) is 16.8. The number of hydrogen-bond acceptors (Lipinski definition) is 15. The van der Waals surface area contributed by atoms with E-state index in [9.17, 15) is 43.2 Å². The van der Waals surface area contributed by atoms with Gasteiger partial charge in [0, 0.05) is 25.7 Å². The monoisotopic (exact) mass is 1580 g/mol. The third kappa shape index (κ3) is 80.2. The lowest BCUT2D eigenvalue weighted by molar-refractivity contribution is -0.161. The molecule has 0 bridgehead atoms. The van der Waals surface area contributed by atoms with Crippen LogP contribution in [-0.4, -0.2) is 96.7 Å². The van der Waals surface area contributed by atoms with Gasteiger partial charge in [0.15, 0.2) is 12.2 Å². The predicted octanol–water partition coefficient (Wildman–Crippen LogP) is 25.1. The number of phosphoric acid groups is 2. The number of ether oxygens (including phenoxy) is 4. The van der Waals surface area contributed by atoms with Crippen molar-refractivity contribution in [2.75, 3.05) is 39.6 Å². The molecule has 0 aliphatic rings. The zero-order chi connectivity index (χ0) is 80.3. The summed E-state index contributed by atoms with van der Waals surface area (Å²) in [6.07, 6.45) is 98.7. The van der Waals surface area contributed by atoms with Crippen molar-refractivity contribution in [3.63, 3.8) is 0 Å². The van der Waals surface area contributed by atoms with Crippen LogP contribution in [0.15, 0.2) is 182 Å². The van der Waals surface area contributed by atoms with E-state index in [0.29, 0.717) is 38.5 Å². The second-order valence-corrected chi connectivity index (χ2v) is 30.2. The van der Waals surface area contributed by atoms with Crippen molar-refractivity contribution >= 4 is 39.5 Å². The van der Waals surface area contributed by atoms with Gasteiger partial charge in [-0.2, -0.15) is 0 Å². The van der Waals surface area contributed by atoms with Crippen LogP contribution in [0, 0.1) is 0 Å². The lowest BCUT2D eigenvalue weighted by Gasteiger charge is -2.21. The molecule has 0 aromatic heterocycles. The van der Waals surface area contributed by atoms with Crippen molar-refractivity contribution in [3.8, 4) is 0 Å². The molecule has 0 saturated carbocycles. The Hall–Kier alpha value is -5.84. The van der Waals surface area contributed by atoms with E-state index in [1.165, 1.54) is 38.5 Å². The number of aliphatic hydroxyl groups is 1. The second kappa shape index (κ2) is 81.2. The molecule has 0 saturated heterocycles. The van der Waals surface area contributed by atoms with Gasteiger partial charge in [-0.25, -0.2) is 9.13 Å². The fraction of sp³-hybridized carbons (Fsp3) is 0.626. The van der Waals surface area contributed by atoms with Gasteiger partial charge in [0.25, 0.3) is 0 Å². The summed E-state index contributed by atoms with van der Waals surface area (Å²) in [5.74, 6) is -2.33. The summed E-state index contributed by atoms with van der Waals surface area (Å²) >= 11 is 0. The fourth-order valence-corrected chi connectivity index (χ4v) is 12.1. The Labute approximate surface area is 666 Å². The van der Waals surface area contributed by atoms with Gasteiger partial charge in [-0.3, -0.25) is 37.3 Å². The standard InChI is InChI=1S/C91H148O17P2/c1-5-9-13-17-21-25-29-33-37-40-42-45-49-52-56-60-64-68-72-76-89(94)102-82-87(108-91(96)78-74-70-66-62-58-54-50-46-43-41-38-34-30-26-22-18-14-10-6-2)84-106-110(99,100)104-80-85(92)79-103-109(97,98)105-83-86(107-90(95)77-73-69-65-61-57-53-47-36-32-28-24-20-16-12-8-4)81-101-88(93)75-71-67-63-59-55-51-48-44-39-35-31-27-23-19-15-11-7-3/h11-12,15-16,21-28,33-39,42-43,45-48,51,57,59,61,63,85-87,92H,5-10,13-14,17-20,29-32,40-41,44,49-50,52-56,58,60,62,64-84H2,1-4H3,(H,97,98)(H,99,100)/b15-11-,16-12-,25-21-,26-22-,27-23-,28-24-,37-33-,38-34-,39-35-,45-42-,46-43-,47-36-,51-48-,61-57-,63-59-. The van der Waals surface area contributed by atoms with Crippen LogP contribution in [0.3, 0.4) is 0 Å². The summed E-state index contributed by atoms with van der Waals surface area (Å²) in [4.78, 5) is 73.2. The van der Waals surface area contributed by atoms with Gasteiger partial charge in [0.2, 0.25) is 0 Å². The molecule has 0 spiro atoms. The fourth-order valence-electron chi connectivity index (χ4n) is 10.5. The van der Waals surface area contributed by atoms with Gasteiger partial charge >= 0.3 is 39.5 Å².